The fourth-order valence-corrected chi connectivity index (χ4v) is 9.84. The molecule has 4 bridgehead atoms. The van der Waals surface area contributed by atoms with Gasteiger partial charge < -0.3 is 11.1 Å². The molecule has 0 aromatic heterocycles. The highest BCUT2D eigenvalue weighted by Crippen LogP contribution is 2.68. The molecule has 1 aromatic rings. The van der Waals surface area contributed by atoms with Crippen LogP contribution in [0.2, 0.25) is 0 Å². The van der Waals surface area contributed by atoms with Gasteiger partial charge in [-0.2, -0.15) is 11.8 Å². The molecule has 3 N–H and O–H groups in total. The number of thioether (sulfide) groups is 1. The van der Waals surface area contributed by atoms with Crippen molar-refractivity contribution in [3.05, 3.63) is 35.9 Å². The van der Waals surface area contributed by atoms with E-state index in [0.717, 1.165) is 35.2 Å². The zero-order valence-corrected chi connectivity index (χ0v) is 19.7. The summed E-state index contributed by atoms with van der Waals surface area (Å²) in [6.45, 7) is 0. The zero-order chi connectivity index (χ0) is 20.3. The summed E-state index contributed by atoms with van der Waals surface area (Å²) in [5.74, 6) is 1.69. The van der Waals surface area contributed by atoms with Gasteiger partial charge in [-0.15, -0.1) is 0 Å². The Hall–Kier alpha value is -0.580. The van der Waals surface area contributed by atoms with Gasteiger partial charge in [0.1, 0.15) is 0 Å². The summed E-state index contributed by atoms with van der Waals surface area (Å²) in [7, 11) is 0. The maximum absolute atomic E-state index is 6.25. The Morgan fingerprint density at radius 1 is 0.933 bits per heavy atom. The van der Waals surface area contributed by atoms with Crippen LogP contribution in [0.1, 0.15) is 76.2 Å². The largest absolute Gasteiger partial charge is 0.376 e. The van der Waals surface area contributed by atoms with Crippen molar-refractivity contribution < 1.29 is 0 Å². The molecule has 30 heavy (non-hydrogen) atoms. The third-order valence-electron chi connectivity index (χ3n) is 9.07. The van der Waals surface area contributed by atoms with E-state index in [1.54, 1.807) is 5.56 Å². The Morgan fingerprint density at radius 3 is 2.23 bits per heavy atom. The second kappa shape index (κ2) is 7.49. The van der Waals surface area contributed by atoms with Gasteiger partial charge in [-0.1, -0.05) is 42.5 Å². The first-order chi connectivity index (χ1) is 14.6. The van der Waals surface area contributed by atoms with Gasteiger partial charge in [0.05, 0.1) is 4.99 Å². The summed E-state index contributed by atoms with van der Waals surface area (Å²) in [5, 5.41) is 5.75. The highest BCUT2D eigenvalue weighted by atomic mass is 32.2. The van der Waals surface area contributed by atoms with Gasteiger partial charge in [0.25, 0.3) is 0 Å². The van der Waals surface area contributed by atoms with Gasteiger partial charge in [-0.3, -0.25) is 0 Å². The van der Waals surface area contributed by atoms with E-state index in [2.05, 4.69) is 47.4 Å². The lowest BCUT2D eigenvalue weighted by Crippen LogP contribution is -2.63. The molecule has 2 nitrogen and oxygen atoms in total. The second-order valence-corrected chi connectivity index (χ2v) is 13.2. The van der Waals surface area contributed by atoms with Crippen molar-refractivity contribution in [3.8, 4) is 0 Å². The van der Waals surface area contributed by atoms with Crippen molar-refractivity contribution in [2.75, 3.05) is 0 Å². The average Bonchev–Trinajstić information content (AvgIpc) is 3.57. The van der Waals surface area contributed by atoms with E-state index in [1.165, 1.54) is 62.8 Å². The summed E-state index contributed by atoms with van der Waals surface area (Å²) in [6.07, 6.45) is 14.3. The van der Waals surface area contributed by atoms with E-state index < -0.39 is 0 Å². The molecule has 7 rings (SSSR count). The third kappa shape index (κ3) is 3.46. The van der Waals surface area contributed by atoms with E-state index in [1.807, 2.05) is 0 Å². The minimum Gasteiger partial charge on any atom is -0.376 e. The Morgan fingerprint density at radius 2 is 1.60 bits per heavy atom. The molecule has 6 aliphatic rings. The molecular weight excluding hydrogens is 404 g/mol. The molecule has 4 heteroatoms. The van der Waals surface area contributed by atoms with Crippen LogP contribution < -0.4 is 11.1 Å². The van der Waals surface area contributed by atoms with Gasteiger partial charge in [-0.25, -0.2) is 0 Å². The second-order valence-electron chi connectivity index (χ2n) is 11.3. The van der Waals surface area contributed by atoms with Gasteiger partial charge in [0.15, 0.2) is 0 Å². The van der Waals surface area contributed by atoms with Crippen molar-refractivity contribution in [3.63, 3.8) is 0 Å². The molecule has 1 aromatic carbocycles. The predicted octanol–water partition coefficient (Wildman–Crippen LogP) is 5.59. The van der Waals surface area contributed by atoms with E-state index in [-0.39, 0.29) is 5.41 Å². The highest BCUT2D eigenvalue weighted by Gasteiger charge is 2.63. The minimum atomic E-state index is 0.233. The van der Waals surface area contributed by atoms with Crippen LogP contribution in [0, 0.1) is 17.3 Å². The number of nitrogens with two attached hydrogens (primary N) is 1. The summed E-state index contributed by atoms with van der Waals surface area (Å²) >= 11 is 8.61. The Labute approximate surface area is 191 Å². The predicted molar refractivity (Wildman–Crippen MR) is 131 cm³/mol. The van der Waals surface area contributed by atoms with Gasteiger partial charge in [-0.05, 0) is 93.4 Å². The van der Waals surface area contributed by atoms with Crippen molar-refractivity contribution in [1.29, 1.82) is 0 Å². The number of nitrogens with one attached hydrogen (secondary N) is 1. The van der Waals surface area contributed by atoms with Crippen LogP contribution >= 0.6 is 24.0 Å². The van der Waals surface area contributed by atoms with Gasteiger partial charge >= 0.3 is 0 Å². The van der Waals surface area contributed by atoms with Crippen molar-refractivity contribution in [2.24, 2.45) is 23.0 Å². The van der Waals surface area contributed by atoms with Crippen LogP contribution in [-0.4, -0.2) is 27.6 Å². The standard InChI is InChI=1S/C26H36N2S2/c27-20-6-8-21(9-7-20)28-24(29)26-14-17-12-25(16-26,19-4-2-1-3-5-19)13-18(15-26)23(17)30-22-10-11-22/h1-5,17-18,20-23H,6-16,27H2,(H,28,29)/t17?,18?,20-,21-,23?,25?,26?. The zero-order valence-electron chi connectivity index (χ0n) is 18.0. The first-order valence-corrected chi connectivity index (χ1v) is 13.7. The van der Waals surface area contributed by atoms with Crippen LogP contribution in [0.4, 0.5) is 0 Å². The topological polar surface area (TPSA) is 38.0 Å². The molecule has 2 atom stereocenters. The first kappa shape index (κ1) is 20.1. The van der Waals surface area contributed by atoms with E-state index >= 15 is 0 Å². The van der Waals surface area contributed by atoms with Crippen LogP contribution in [0.15, 0.2) is 30.3 Å². The van der Waals surface area contributed by atoms with Crippen LogP contribution in [0.5, 0.6) is 0 Å². The number of hydrogen-bond donors (Lipinski definition) is 2. The molecule has 0 spiro atoms. The number of rotatable bonds is 5. The van der Waals surface area contributed by atoms with Crippen LogP contribution in [-0.2, 0) is 5.41 Å². The highest BCUT2D eigenvalue weighted by molar-refractivity contribution is 8.00. The van der Waals surface area contributed by atoms with Crippen LogP contribution in [0.25, 0.3) is 0 Å². The molecule has 0 radical (unpaired) electrons. The molecule has 2 unspecified atom stereocenters. The van der Waals surface area contributed by atoms with E-state index in [0.29, 0.717) is 17.5 Å². The molecule has 162 valence electrons. The quantitative estimate of drug-likeness (QED) is 0.586. The Bertz CT molecular complexity index is 781. The smallest absolute Gasteiger partial charge is 0.0818 e. The summed E-state index contributed by atoms with van der Waals surface area (Å²) in [6, 6.07) is 12.4. The number of benzene rings is 1. The Kier molecular flexibility index (Phi) is 5.01. The molecule has 0 saturated heterocycles. The van der Waals surface area contributed by atoms with Crippen molar-refractivity contribution in [1.82, 2.24) is 5.32 Å². The molecular formula is C26H36N2S2. The van der Waals surface area contributed by atoms with E-state index in [4.69, 9.17) is 18.0 Å². The SMILES string of the molecule is N[C@H]1CC[C@H](NC(=S)C23CC4CC(c5ccccc5)(CC(C2)C4SC2CC2)C3)CC1. The molecule has 6 fully saturated rings. The maximum Gasteiger partial charge on any atom is 0.0818 e. The summed E-state index contributed by atoms with van der Waals surface area (Å²) in [5.41, 5.74) is 8.33. The van der Waals surface area contributed by atoms with Gasteiger partial charge in [0.2, 0.25) is 0 Å². The fraction of sp³-hybridized carbons (Fsp3) is 0.731. The Balaban J connectivity index is 1.28. The lowest BCUT2D eigenvalue weighted by atomic mass is 9.42. The maximum atomic E-state index is 6.25. The summed E-state index contributed by atoms with van der Waals surface area (Å²) in [4.78, 5) is 1.22. The normalized spacial score (nSPS) is 44.8. The summed E-state index contributed by atoms with van der Waals surface area (Å²) < 4.78 is 0. The molecule has 6 saturated carbocycles. The van der Waals surface area contributed by atoms with E-state index in [9.17, 15) is 0 Å². The lowest BCUT2D eigenvalue weighted by molar-refractivity contribution is -0.0298. The molecule has 0 aliphatic heterocycles. The average molecular weight is 441 g/mol. The number of hydrogen-bond acceptors (Lipinski definition) is 3. The van der Waals surface area contributed by atoms with Crippen molar-refractivity contribution in [2.45, 2.75) is 98.6 Å². The molecule has 0 heterocycles. The molecule has 0 amide bonds. The van der Waals surface area contributed by atoms with Crippen molar-refractivity contribution >= 4 is 29.0 Å². The minimum absolute atomic E-state index is 0.233. The van der Waals surface area contributed by atoms with Gasteiger partial charge in [0, 0.05) is 28.0 Å². The molecule has 6 aliphatic carbocycles. The fourth-order valence-electron chi connectivity index (χ4n) is 7.75. The first-order valence-electron chi connectivity index (χ1n) is 12.3. The lowest BCUT2D eigenvalue weighted by Gasteiger charge is -2.65. The van der Waals surface area contributed by atoms with Crippen LogP contribution in [0.3, 0.4) is 0 Å². The number of thiocarbonyl (C=S) groups is 1. The monoisotopic (exact) mass is 440 g/mol. The third-order valence-corrected chi connectivity index (χ3v) is 11.6.